The first-order chi connectivity index (χ1) is 17.3. The molecular weight excluding hydrogens is 462 g/mol. The Morgan fingerprint density at radius 3 is 2.44 bits per heavy atom. The summed E-state index contributed by atoms with van der Waals surface area (Å²) < 4.78 is 21.7. The first kappa shape index (κ1) is 27.0. The normalized spacial score (nSPS) is 15.8. The van der Waals surface area contributed by atoms with Crippen LogP contribution in [0.4, 0.5) is 5.69 Å². The van der Waals surface area contributed by atoms with E-state index in [1.54, 1.807) is 37.7 Å². The third-order valence-electron chi connectivity index (χ3n) is 5.75. The molecule has 1 saturated heterocycles. The smallest absolute Gasteiger partial charge is 0.331 e. The van der Waals surface area contributed by atoms with Gasteiger partial charge in [0.2, 0.25) is 5.92 Å². The van der Waals surface area contributed by atoms with E-state index >= 15 is 0 Å². The molecule has 0 spiro atoms. The van der Waals surface area contributed by atoms with Gasteiger partial charge in [-0.15, -0.1) is 0 Å². The molecule has 2 aromatic rings. The predicted molar refractivity (Wildman–Crippen MR) is 135 cm³/mol. The fourth-order valence-electron chi connectivity index (χ4n) is 3.96. The minimum atomic E-state index is -1.34. The second-order valence-electron chi connectivity index (χ2n) is 9.03. The van der Waals surface area contributed by atoms with Crippen molar-refractivity contribution in [3.05, 3.63) is 48.3 Å². The number of amidine groups is 1. The van der Waals surface area contributed by atoms with Crippen molar-refractivity contribution in [3.63, 3.8) is 0 Å². The highest BCUT2D eigenvalue weighted by Crippen LogP contribution is 2.34. The summed E-state index contributed by atoms with van der Waals surface area (Å²) in [7, 11) is 3.09. The zero-order valence-corrected chi connectivity index (χ0v) is 21.7. The first-order valence-corrected chi connectivity index (χ1v) is 12.2. The second kappa shape index (κ2) is 12.4. The summed E-state index contributed by atoms with van der Waals surface area (Å²) in [4.78, 5) is 37.3. The van der Waals surface area contributed by atoms with Gasteiger partial charge >= 0.3 is 11.9 Å². The summed E-state index contributed by atoms with van der Waals surface area (Å²) >= 11 is 0. The minimum absolute atomic E-state index is 0.240. The molecule has 1 fully saturated rings. The molecule has 1 aromatic carbocycles. The highest BCUT2D eigenvalue weighted by Gasteiger charge is 2.47. The molecule has 0 atom stereocenters. The van der Waals surface area contributed by atoms with Crippen molar-refractivity contribution in [2.45, 2.75) is 58.8 Å². The van der Waals surface area contributed by atoms with Crippen molar-refractivity contribution in [2.24, 2.45) is 10.9 Å². The van der Waals surface area contributed by atoms with E-state index in [1.165, 1.54) is 21.0 Å². The lowest BCUT2D eigenvalue weighted by molar-refractivity contribution is -0.236. The fourth-order valence-corrected chi connectivity index (χ4v) is 3.96. The summed E-state index contributed by atoms with van der Waals surface area (Å²) in [5, 5.41) is 0. The van der Waals surface area contributed by atoms with Crippen molar-refractivity contribution in [1.29, 1.82) is 0 Å². The molecule has 0 unspecified atom stereocenters. The molecule has 0 N–H and O–H groups in total. The van der Waals surface area contributed by atoms with Crippen LogP contribution in [0, 0.1) is 5.92 Å². The summed E-state index contributed by atoms with van der Waals surface area (Å²) in [5.74, 6) is -2.81. The average molecular weight is 498 g/mol. The maximum atomic E-state index is 13.1. The van der Waals surface area contributed by atoms with Crippen LogP contribution >= 0.6 is 0 Å². The molecule has 1 aliphatic heterocycles. The van der Waals surface area contributed by atoms with Crippen LogP contribution in [0.15, 0.2) is 47.7 Å². The van der Waals surface area contributed by atoms with Gasteiger partial charge in [-0.05, 0) is 30.2 Å². The van der Waals surface area contributed by atoms with E-state index < -0.39 is 23.6 Å². The maximum absolute atomic E-state index is 13.1. The SMILES string of the molecule is CCCCCCN(Cc1cccnc1)C(=Nc1ccc(OC)cc1OC)C1C(=O)OC(C)(C)OC1=O. The van der Waals surface area contributed by atoms with E-state index in [2.05, 4.69) is 11.9 Å². The largest absolute Gasteiger partial charge is 0.497 e. The van der Waals surface area contributed by atoms with Crippen LogP contribution in [-0.4, -0.2) is 54.2 Å². The first-order valence-electron chi connectivity index (χ1n) is 12.2. The van der Waals surface area contributed by atoms with Crippen molar-refractivity contribution in [3.8, 4) is 11.5 Å². The lowest BCUT2D eigenvalue weighted by Crippen LogP contribution is -2.52. The van der Waals surface area contributed by atoms with Crippen LogP contribution in [0.5, 0.6) is 11.5 Å². The Kier molecular flexibility index (Phi) is 9.27. The number of hydrogen-bond acceptors (Lipinski definition) is 8. The highest BCUT2D eigenvalue weighted by molar-refractivity contribution is 6.17. The molecule has 0 saturated carbocycles. The Balaban J connectivity index is 2.10. The number of rotatable bonds is 11. The number of methoxy groups -OCH3 is 2. The number of benzene rings is 1. The predicted octanol–water partition coefficient (Wildman–Crippen LogP) is 4.66. The number of cyclic esters (lactones) is 2. The number of aromatic nitrogens is 1. The number of carbonyl (C=O) groups is 2. The van der Waals surface area contributed by atoms with Crippen molar-refractivity contribution < 1.29 is 28.5 Å². The number of hydrogen-bond donors (Lipinski definition) is 0. The third kappa shape index (κ3) is 6.96. The molecule has 9 nitrogen and oxygen atoms in total. The van der Waals surface area contributed by atoms with Crippen LogP contribution in [-0.2, 0) is 25.6 Å². The Bertz CT molecular complexity index is 1050. The number of nitrogens with zero attached hydrogens (tertiary/aromatic N) is 3. The van der Waals surface area contributed by atoms with E-state index in [0.717, 1.165) is 31.2 Å². The van der Waals surface area contributed by atoms with E-state index in [-0.39, 0.29) is 5.84 Å². The van der Waals surface area contributed by atoms with Gasteiger partial charge < -0.3 is 23.8 Å². The van der Waals surface area contributed by atoms with Gasteiger partial charge in [0.05, 0.1) is 14.2 Å². The van der Waals surface area contributed by atoms with E-state index in [4.69, 9.17) is 23.9 Å². The topological polar surface area (TPSA) is 99.6 Å². The molecule has 194 valence electrons. The standard InChI is InChI=1S/C27H35N3O6/c1-6-7-8-9-15-30(18-19-11-10-14-28-17-19)24(23-25(31)35-27(2,3)36-26(23)32)29-21-13-12-20(33-4)16-22(21)34-5/h10-14,16-17,23H,6-9,15,18H2,1-5H3. The minimum Gasteiger partial charge on any atom is -0.497 e. The summed E-state index contributed by atoms with van der Waals surface area (Å²) in [5.41, 5.74) is 1.36. The van der Waals surface area contributed by atoms with Gasteiger partial charge in [-0.25, -0.2) is 4.99 Å². The van der Waals surface area contributed by atoms with Gasteiger partial charge in [-0.3, -0.25) is 14.6 Å². The molecule has 2 heterocycles. The van der Waals surface area contributed by atoms with E-state index in [1.807, 2.05) is 17.0 Å². The number of pyridine rings is 1. The van der Waals surface area contributed by atoms with E-state index in [9.17, 15) is 9.59 Å². The van der Waals surface area contributed by atoms with Crippen molar-refractivity contribution >= 4 is 23.5 Å². The van der Waals surface area contributed by atoms with Crippen LogP contribution in [0.25, 0.3) is 0 Å². The van der Waals surface area contributed by atoms with Crippen molar-refractivity contribution in [2.75, 3.05) is 20.8 Å². The highest BCUT2D eigenvalue weighted by atomic mass is 16.7. The quantitative estimate of drug-likeness (QED) is 0.145. The molecule has 0 radical (unpaired) electrons. The fraction of sp³-hybridized carbons (Fsp3) is 0.481. The monoisotopic (exact) mass is 497 g/mol. The third-order valence-corrected chi connectivity index (χ3v) is 5.75. The Hall–Kier alpha value is -3.62. The molecule has 0 amide bonds. The molecule has 0 bridgehead atoms. The van der Waals surface area contributed by atoms with Crippen LogP contribution in [0.3, 0.4) is 0 Å². The van der Waals surface area contributed by atoms with Gasteiger partial charge in [0.25, 0.3) is 5.79 Å². The lowest BCUT2D eigenvalue weighted by Gasteiger charge is -2.36. The number of aliphatic imine (C=N–C) groups is 1. The zero-order chi connectivity index (χ0) is 26.1. The van der Waals surface area contributed by atoms with Crippen molar-refractivity contribution in [1.82, 2.24) is 9.88 Å². The summed E-state index contributed by atoms with van der Waals surface area (Å²) in [6, 6.07) is 8.95. The van der Waals surface area contributed by atoms with Crippen LogP contribution in [0.1, 0.15) is 52.0 Å². The number of ether oxygens (including phenoxy) is 4. The molecule has 0 aliphatic carbocycles. The molecule has 1 aliphatic rings. The van der Waals surface area contributed by atoms with E-state index in [0.29, 0.717) is 30.3 Å². The van der Waals surface area contributed by atoms with Crippen LogP contribution in [0.2, 0.25) is 0 Å². The van der Waals surface area contributed by atoms with Gasteiger partial charge in [0, 0.05) is 45.4 Å². The molecule has 1 aromatic heterocycles. The molecule has 3 rings (SSSR count). The van der Waals surface area contributed by atoms with Crippen LogP contribution < -0.4 is 9.47 Å². The summed E-state index contributed by atoms with van der Waals surface area (Å²) in [6.07, 6.45) is 7.49. The number of unbranched alkanes of at least 4 members (excludes halogenated alkanes) is 3. The van der Waals surface area contributed by atoms with Gasteiger partial charge in [0.1, 0.15) is 23.0 Å². The number of esters is 2. The lowest BCUT2D eigenvalue weighted by atomic mass is 10.0. The molecule has 36 heavy (non-hydrogen) atoms. The Morgan fingerprint density at radius 1 is 1.08 bits per heavy atom. The molecular formula is C27H35N3O6. The Morgan fingerprint density at radius 2 is 1.83 bits per heavy atom. The number of carbonyl (C=O) groups excluding carboxylic acids is 2. The second-order valence-corrected chi connectivity index (χ2v) is 9.03. The summed E-state index contributed by atoms with van der Waals surface area (Å²) in [6.45, 7) is 6.18. The van der Waals surface area contributed by atoms with Gasteiger partial charge in [-0.2, -0.15) is 0 Å². The van der Waals surface area contributed by atoms with Gasteiger partial charge in [0.15, 0.2) is 0 Å². The zero-order valence-electron chi connectivity index (χ0n) is 21.7. The average Bonchev–Trinajstić information content (AvgIpc) is 2.85. The Labute approximate surface area is 212 Å². The molecule has 9 heteroatoms. The van der Waals surface area contributed by atoms with Gasteiger partial charge in [-0.1, -0.05) is 32.3 Å². The maximum Gasteiger partial charge on any atom is 0.331 e.